The molecule has 0 radical (unpaired) electrons. The molecule has 2 aromatic carbocycles. The summed E-state index contributed by atoms with van der Waals surface area (Å²) in [6, 6.07) is 11.2. The molecule has 1 aliphatic heterocycles. The summed E-state index contributed by atoms with van der Waals surface area (Å²) < 4.78 is 0. The number of nitrogens with zero attached hydrogens (tertiary/aromatic N) is 1. The van der Waals surface area contributed by atoms with Crippen LogP contribution in [0, 0.1) is 27.7 Å². The number of carbonyl (C=O) groups is 2. The fourth-order valence-corrected chi connectivity index (χ4v) is 3.14. The van der Waals surface area contributed by atoms with Crippen LogP contribution >= 0.6 is 0 Å². The van der Waals surface area contributed by atoms with Crippen LogP contribution in [-0.2, 0) is 9.59 Å². The van der Waals surface area contributed by atoms with E-state index in [9.17, 15) is 9.59 Å². The van der Waals surface area contributed by atoms with E-state index in [4.69, 9.17) is 0 Å². The van der Waals surface area contributed by atoms with Gasteiger partial charge in [-0.25, -0.2) is 4.90 Å². The van der Waals surface area contributed by atoms with Crippen molar-refractivity contribution in [3.05, 3.63) is 58.7 Å². The highest BCUT2D eigenvalue weighted by molar-refractivity contribution is 6.23. The molecule has 0 aliphatic carbocycles. The summed E-state index contributed by atoms with van der Waals surface area (Å²) in [7, 11) is 0. The van der Waals surface area contributed by atoms with Crippen molar-refractivity contribution < 1.29 is 9.59 Å². The molecule has 2 aromatic rings. The van der Waals surface area contributed by atoms with Crippen LogP contribution in [0.2, 0.25) is 0 Å². The summed E-state index contributed by atoms with van der Waals surface area (Å²) in [6.07, 6.45) is 0.179. The SMILES string of the molecule is Cc1cc(C)cc(NC2CC(=O)N(c3ccc(C)c(C)c3)C2=O)c1. The van der Waals surface area contributed by atoms with Crippen LogP contribution in [0.4, 0.5) is 11.4 Å². The molecule has 3 rings (SSSR count). The van der Waals surface area contributed by atoms with Gasteiger partial charge >= 0.3 is 0 Å². The summed E-state index contributed by atoms with van der Waals surface area (Å²) in [5.41, 5.74) is 5.99. The Kier molecular flexibility index (Phi) is 4.14. The molecule has 1 N–H and O–H groups in total. The van der Waals surface area contributed by atoms with Gasteiger partial charge in [-0.3, -0.25) is 9.59 Å². The second-order valence-corrected chi connectivity index (χ2v) is 6.61. The van der Waals surface area contributed by atoms with E-state index < -0.39 is 6.04 Å². The molecule has 1 unspecified atom stereocenters. The molecule has 0 spiro atoms. The average Bonchev–Trinajstić information content (AvgIpc) is 2.75. The first-order valence-corrected chi connectivity index (χ1v) is 8.14. The van der Waals surface area contributed by atoms with E-state index in [1.165, 1.54) is 4.90 Å². The Morgan fingerprint density at radius 1 is 0.917 bits per heavy atom. The Balaban J connectivity index is 1.84. The van der Waals surface area contributed by atoms with Crippen molar-refractivity contribution in [2.45, 2.75) is 40.2 Å². The Labute approximate surface area is 142 Å². The van der Waals surface area contributed by atoms with E-state index in [1.54, 1.807) is 0 Å². The summed E-state index contributed by atoms with van der Waals surface area (Å²) in [5, 5.41) is 3.22. The largest absolute Gasteiger partial charge is 0.373 e. The van der Waals surface area contributed by atoms with Crippen LogP contribution in [-0.4, -0.2) is 17.9 Å². The van der Waals surface area contributed by atoms with Gasteiger partial charge in [0.15, 0.2) is 0 Å². The number of nitrogens with one attached hydrogen (secondary N) is 1. The number of hydrogen-bond donors (Lipinski definition) is 1. The highest BCUT2D eigenvalue weighted by atomic mass is 16.2. The van der Waals surface area contributed by atoms with E-state index in [1.807, 2.05) is 58.0 Å². The van der Waals surface area contributed by atoms with E-state index in [-0.39, 0.29) is 18.2 Å². The Hall–Kier alpha value is -2.62. The first-order valence-electron chi connectivity index (χ1n) is 8.14. The van der Waals surface area contributed by atoms with E-state index in [0.29, 0.717) is 5.69 Å². The second-order valence-electron chi connectivity index (χ2n) is 6.61. The van der Waals surface area contributed by atoms with Gasteiger partial charge in [-0.05, 0) is 74.2 Å². The lowest BCUT2D eigenvalue weighted by Gasteiger charge is -2.17. The van der Waals surface area contributed by atoms with Crippen molar-refractivity contribution in [1.82, 2.24) is 0 Å². The van der Waals surface area contributed by atoms with Crippen LogP contribution in [0.5, 0.6) is 0 Å². The molecule has 1 fully saturated rings. The van der Waals surface area contributed by atoms with Crippen LogP contribution < -0.4 is 10.2 Å². The van der Waals surface area contributed by atoms with E-state index in [0.717, 1.165) is 27.9 Å². The first-order chi connectivity index (χ1) is 11.3. The maximum atomic E-state index is 12.7. The normalized spacial score (nSPS) is 17.5. The number of benzene rings is 2. The summed E-state index contributed by atoms with van der Waals surface area (Å²) >= 11 is 0. The quantitative estimate of drug-likeness (QED) is 0.877. The summed E-state index contributed by atoms with van der Waals surface area (Å²) in [4.78, 5) is 26.4. The van der Waals surface area contributed by atoms with Crippen molar-refractivity contribution in [2.75, 3.05) is 10.2 Å². The van der Waals surface area contributed by atoms with Gasteiger partial charge < -0.3 is 5.32 Å². The zero-order valence-corrected chi connectivity index (χ0v) is 14.5. The fourth-order valence-electron chi connectivity index (χ4n) is 3.14. The molecule has 4 nitrogen and oxygen atoms in total. The number of aryl methyl sites for hydroxylation is 4. The molecule has 124 valence electrons. The minimum atomic E-state index is -0.514. The molecule has 1 aliphatic rings. The zero-order valence-electron chi connectivity index (χ0n) is 14.5. The third-order valence-electron chi connectivity index (χ3n) is 4.46. The zero-order chi connectivity index (χ0) is 17.4. The van der Waals surface area contributed by atoms with Gasteiger partial charge in [-0.15, -0.1) is 0 Å². The van der Waals surface area contributed by atoms with Crippen LogP contribution in [0.3, 0.4) is 0 Å². The van der Waals surface area contributed by atoms with E-state index >= 15 is 0 Å². The fraction of sp³-hybridized carbons (Fsp3) is 0.300. The monoisotopic (exact) mass is 322 g/mol. The van der Waals surface area contributed by atoms with Crippen LogP contribution in [0.1, 0.15) is 28.7 Å². The number of rotatable bonds is 3. The van der Waals surface area contributed by atoms with Crippen LogP contribution in [0.25, 0.3) is 0 Å². The molecule has 0 saturated carbocycles. The van der Waals surface area contributed by atoms with Crippen molar-refractivity contribution in [1.29, 1.82) is 0 Å². The average molecular weight is 322 g/mol. The highest BCUT2D eigenvalue weighted by Crippen LogP contribution is 2.27. The second kappa shape index (κ2) is 6.11. The maximum absolute atomic E-state index is 12.7. The van der Waals surface area contributed by atoms with Crippen molar-refractivity contribution >= 4 is 23.2 Å². The number of anilines is 2. The van der Waals surface area contributed by atoms with Crippen molar-refractivity contribution in [3.63, 3.8) is 0 Å². The van der Waals surface area contributed by atoms with Gasteiger partial charge in [0, 0.05) is 5.69 Å². The van der Waals surface area contributed by atoms with Gasteiger partial charge in [0.1, 0.15) is 6.04 Å². The third kappa shape index (κ3) is 3.04. The number of imide groups is 1. The minimum absolute atomic E-state index is 0.162. The Bertz CT molecular complexity index is 806. The molecule has 24 heavy (non-hydrogen) atoms. The minimum Gasteiger partial charge on any atom is -0.373 e. The Morgan fingerprint density at radius 2 is 1.58 bits per heavy atom. The predicted molar refractivity (Wildman–Crippen MR) is 96.4 cm³/mol. The third-order valence-corrected chi connectivity index (χ3v) is 4.46. The lowest BCUT2D eigenvalue weighted by molar-refractivity contribution is -0.121. The van der Waals surface area contributed by atoms with Crippen molar-refractivity contribution in [2.24, 2.45) is 0 Å². The Morgan fingerprint density at radius 3 is 2.21 bits per heavy atom. The van der Waals surface area contributed by atoms with Gasteiger partial charge in [0.2, 0.25) is 5.91 Å². The topological polar surface area (TPSA) is 49.4 Å². The molecular formula is C20H22N2O2. The van der Waals surface area contributed by atoms with Gasteiger partial charge in [-0.1, -0.05) is 12.1 Å². The lowest BCUT2D eigenvalue weighted by atomic mass is 10.1. The van der Waals surface area contributed by atoms with Gasteiger partial charge in [0.05, 0.1) is 12.1 Å². The molecule has 0 aromatic heterocycles. The molecule has 1 heterocycles. The predicted octanol–water partition coefficient (Wildman–Crippen LogP) is 3.66. The number of amides is 2. The standard InChI is InChI=1S/C20H22N2O2/c1-12-7-13(2)9-16(8-12)21-18-11-19(23)22(20(18)24)17-6-5-14(3)15(4)10-17/h5-10,18,21H,11H2,1-4H3. The van der Waals surface area contributed by atoms with Gasteiger partial charge in [-0.2, -0.15) is 0 Å². The molecule has 1 saturated heterocycles. The van der Waals surface area contributed by atoms with Crippen molar-refractivity contribution in [3.8, 4) is 0 Å². The van der Waals surface area contributed by atoms with E-state index in [2.05, 4.69) is 11.4 Å². The molecule has 2 amide bonds. The summed E-state index contributed by atoms with van der Waals surface area (Å²) in [5.74, 6) is -0.354. The maximum Gasteiger partial charge on any atom is 0.256 e. The molecular weight excluding hydrogens is 300 g/mol. The van der Waals surface area contributed by atoms with Crippen LogP contribution in [0.15, 0.2) is 36.4 Å². The molecule has 4 heteroatoms. The summed E-state index contributed by atoms with van der Waals surface area (Å²) in [6.45, 7) is 8.02. The molecule has 1 atom stereocenters. The van der Waals surface area contributed by atoms with Gasteiger partial charge in [0.25, 0.3) is 5.91 Å². The highest BCUT2D eigenvalue weighted by Gasteiger charge is 2.39. The number of carbonyl (C=O) groups excluding carboxylic acids is 2. The smallest absolute Gasteiger partial charge is 0.256 e. The first kappa shape index (κ1) is 16.2. The molecule has 0 bridgehead atoms. The lowest BCUT2D eigenvalue weighted by Crippen LogP contribution is -2.34. The number of hydrogen-bond acceptors (Lipinski definition) is 3.